The van der Waals surface area contributed by atoms with E-state index in [-0.39, 0.29) is 18.2 Å². The number of ether oxygens (including phenoxy) is 1. The third-order valence-electron chi connectivity index (χ3n) is 4.80. The Balaban J connectivity index is 1.46. The van der Waals surface area contributed by atoms with Crippen LogP contribution in [0.3, 0.4) is 0 Å². The highest BCUT2D eigenvalue weighted by Crippen LogP contribution is 2.26. The zero-order valence-corrected chi connectivity index (χ0v) is 16.9. The zero-order chi connectivity index (χ0) is 20.5. The highest BCUT2D eigenvalue weighted by Gasteiger charge is 2.23. The number of nitrogens with one attached hydrogen (secondary N) is 1. The van der Waals surface area contributed by atoms with E-state index in [1.165, 1.54) is 5.56 Å². The Kier molecular flexibility index (Phi) is 7.39. The number of nitrogens with zero attached hydrogens (tertiary/aromatic N) is 2. The third-order valence-corrected chi connectivity index (χ3v) is 4.80. The van der Waals surface area contributed by atoms with E-state index in [0.29, 0.717) is 18.3 Å². The van der Waals surface area contributed by atoms with Crippen molar-refractivity contribution in [2.75, 3.05) is 13.7 Å². The molecule has 0 fully saturated rings. The first-order valence-corrected chi connectivity index (χ1v) is 9.90. The number of benzene rings is 2. The van der Waals surface area contributed by atoms with E-state index in [1.54, 1.807) is 14.0 Å². The molecule has 0 spiro atoms. The number of rotatable bonds is 10. The lowest BCUT2D eigenvalue weighted by molar-refractivity contribution is -0.121. The first kappa shape index (κ1) is 20.6. The number of carbonyl (C=O) groups excluding carboxylic acids is 1. The molecule has 1 unspecified atom stereocenters. The van der Waals surface area contributed by atoms with Gasteiger partial charge in [0.05, 0.1) is 13.0 Å². The fourth-order valence-corrected chi connectivity index (χ4v) is 3.22. The fraction of sp³-hybridized carbons (Fsp3) is 0.348. The van der Waals surface area contributed by atoms with Crippen LogP contribution in [0.25, 0.3) is 0 Å². The molecule has 29 heavy (non-hydrogen) atoms. The second kappa shape index (κ2) is 10.4. The minimum atomic E-state index is -0.239. The van der Waals surface area contributed by atoms with Crippen molar-refractivity contribution in [3.8, 4) is 5.75 Å². The van der Waals surface area contributed by atoms with Crippen LogP contribution in [0.15, 0.2) is 59.0 Å². The van der Waals surface area contributed by atoms with Crippen LogP contribution in [0.1, 0.15) is 48.1 Å². The first-order valence-electron chi connectivity index (χ1n) is 9.90. The Morgan fingerprint density at radius 1 is 1.07 bits per heavy atom. The SMILES string of the molecule is COc1ccc(CCCCNC(=O)CC(c2ccccc2)c2nnc(C)o2)cc1. The van der Waals surface area contributed by atoms with E-state index in [1.807, 2.05) is 42.5 Å². The molecule has 1 aromatic heterocycles. The maximum absolute atomic E-state index is 12.5. The number of aryl methyl sites for hydroxylation is 2. The van der Waals surface area contributed by atoms with Gasteiger partial charge in [-0.2, -0.15) is 0 Å². The van der Waals surface area contributed by atoms with Gasteiger partial charge in [-0.3, -0.25) is 4.79 Å². The molecule has 1 N–H and O–H groups in total. The van der Waals surface area contributed by atoms with E-state index >= 15 is 0 Å². The van der Waals surface area contributed by atoms with Crippen molar-refractivity contribution in [1.82, 2.24) is 15.5 Å². The van der Waals surface area contributed by atoms with Crippen molar-refractivity contribution in [3.05, 3.63) is 77.5 Å². The Morgan fingerprint density at radius 3 is 2.48 bits per heavy atom. The molecule has 6 nitrogen and oxygen atoms in total. The second-order valence-corrected chi connectivity index (χ2v) is 6.98. The summed E-state index contributed by atoms with van der Waals surface area (Å²) in [5.41, 5.74) is 2.26. The highest BCUT2D eigenvalue weighted by atomic mass is 16.5. The zero-order valence-electron chi connectivity index (χ0n) is 16.9. The van der Waals surface area contributed by atoms with Crippen LogP contribution in [0, 0.1) is 6.92 Å². The van der Waals surface area contributed by atoms with Gasteiger partial charge in [0, 0.05) is 19.9 Å². The molecule has 1 amide bonds. The molecule has 0 aliphatic rings. The molecule has 0 saturated heterocycles. The average molecular weight is 393 g/mol. The van der Waals surface area contributed by atoms with Crippen molar-refractivity contribution in [2.24, 2.45) is 0 Å². The average Bonchev–Trinajstić information content (AvgIpc) is 3.19. The van der Waals surface area contributed by atoms with Crippen LogP contribution in [-0.4, -0.2) is 29.8 Å². The summed E-state index contributed by atoms with van der Waals surface area (Å²) >= 11 is 0. The monoisotopic (exact) mass is 393 g/mol. The molecule has 6 heteroatoms. The summed E-state index contributed by atoms with van der Waals surface area (Å²) in [5.74, 6) is 1.59. The van der Waals surface area contributed by atoms with Gasteiger partial charge in [0.2, 0.25) is 17.7 Å². The Morgan fingerprint density at radius 2 is 1.83 bits per heavy atom. The summed E-state index contributed by atoms with van der Waals surface area (Å²) in [6, 6.07) is 17.9. The highest BCUT2D eigenvalue weighted by molar-refractivity contribution is 5.77. The van der Waals surface area contributed by atoms with E-state index in [0.717, 1.165) is 30.6 Å². The van der Waals surface area contributed by atoms with Gasteiger partial charge < -0.3 is 14.5 Å². The van der Waals surface area contributed by atoms with E-state index in [2.05, 4.69) is 27.6 Å². The van der Waals surface area contributed by atoms with Gasteiger partial charge in [0.1, 0.15) is 5.75 Å². The lowest BCUT2D eigenvalue weighted by Gasteiger charge is -2.13. The fourth-order valence-electron chi connectivity index (χ4n) is 3.22. The van der Waals surface area contributed by atoms with Gasteiger partial charge in [-0.15, -0.1) is 10.2 Å². The first-order chi connectivity index (χ1) is 14.2. The number of aromatic nitrogens is 2. The van der Waals surface area contributed by atoms with Gasteiger partial charge in [0.25, 0.3) is 0 Å². The number of carbonyl (C=O) groups is 1. The van der Waals surface area contributed by atoms with Crippen LogP contribution in [0.2, 0.25) is 0 Å². The standard InChI is InChI=1S/C23H27N3O3/c1-17-25-26-23(29-17)21(19-9-4-3-5-10-19)16-22(27)24-15-7-6-8-18-11-13-20(28-2)14-12-18/h3-5,9-14,21H,6-8,15-16H2,1-2H3,(H,24,27). The number of methoxy groups -OCH3 is 1. The molecule has 2 aromatic carbocycles. The van der Waals surface area contributed by atoms with Crippen LogP contribution in [-0.2, 0) is 11.2 Å². The summed E-state index contributed by atoms with van der Waals surface area (Å²) < 4.78 is 10.8. The summed E-state index contributed by atoms with van der Waals surface area (Å²) in [6.45, 7) is 2.40. The van der Waals surface area contributed by atoms with Crippen LogP contribution in [0.4, 0.5) is 0 Å². The quantitative estimate of drug-likeness (QED) is 0.526. The summed E-state index contributed by atoms with van der Waals surface area (Å²) in [5, 5.41) is 11.1. The van der Waals surface area contributed by atoms with Crippen LogP contribution < -0.4 is 10.1 Å². The van der Waals surface area contributed by atoms with Gasteiger partial charge in [-0.1, -0.05) is 42.5 Å². The second-order valence-electron chi connectivity index (χ2n) is 6.98. The molecule has 3 aromatic rings. The molecule has 0 radical (unpaired) electrons. The predicted octanol–water partition coefficient (Wildman–Crippen LogP) is 4.05. The summed E-state index contributed by atoms with van der Waals surface area (Å²) in [6.07, 6.45) is 3.20. The number of hydrogen-bond donors (Lipinski definition) is 1. The Bertz CT molecular complexity index is 891. The van der Waals surface area contributed by atoms with Crippen molar-refractivity contribution >= 4 is 5.91 Å². The van der Waals surface area contributed by atoms with Gasteiger partial charge in [-0.25, -0.2) is 0 Å². The molecule has 0 bridgehead atoms. The predicted molar refractivity (Wildman–Crippen MR) is 111 cm³/mol. The molecule has 0 aliphatic heterocycles. The summed E-state index contributed by atoms with van der Waals surface area (Å²) in [7, 11) is 1.67. The third kappa shape index (κ3) is 6.17. The molecule has 152 valence electrons. The normalized spacial score (nSPS) is 11.8. The molecular weight excluding hydrogens is 366 g/mol. The summed E-state index contributed by atoms with van der Waals surface area (Å²) in [4.78, 5) is 12.5. The molecule has 3 rings (SSSR count). The van der Waals surface area contributed by atoms with Crippen molar-refractivity contribution in [1.29, 1.82) is 0 Å². The molecule has 1 atom stereocenters. The maximum Gasteiger partial charge on any atom is 0.224 e. The van der Waals surface area contributed by atoms with E-state index < -0.39 is 0 Å². The van der Waals surface area contributed by atoms with Gasteiger partial charge in [-0.05, 0) is 42.5 Å². The smallest absolute Gasteiger partial charge is 0.224 e. The topological polar surface area (TPSA) is 77.2 Å². The maximum atomic E-state index is 12.5. The minimum absolute atomic E-state index is 0.0147. The Hall–Kier alpha value is -3.15. The molecule has 1 heterocycles. The van der Waals surface area contributed by atoms with Gasteiger partial charge in [0.15, 0.2) is 0 Å². The molecule has 0 saturated carbocycles. The lowest BCUT2D eigenvalue weighted by atomic mass is 9.95. The van der Waals surface area contributed by atoms with Crippen LogP contribution in [0.5, 0.6) is 5.75 Å². The molecular formula is C23H27N3O3. The van der Waals surface area contributed by atoms with Gasteiger partial charge >= 0.3 is 0 Å². The van der Waals surface area contributed by atoms with E-state index in [4.69, 9.17) is 9.15 Å². The number of unbranched alkanes of at least 4 members (excludes halogenated alkanes) is 1. The molecule has 0 aliphatic carbocycles. The van der Waals surface area contributed by atoms with E-state index in [9.17, 15) is 4.79 Å². The number of hydrogen-bond acceptors (Lipinski definition) is 5. The van der Waals surface area contributed by atoms with Crippen molar-refractivity contribution < 1.29 is 13.9 Å². The lowest BCUT2D eigenvalue weighted by Crippen LogP contribution is -2.26. The van der Waals surface area contributed by atoms with Crippen molar-refractivity contribution in [3.63, 3.8) is 0 Å². The van der Waals surface area contributed by atoms with Crippen molar-refractivity contribution in [2.45, 2.75) is 38.5 Å². The number of amides is 1. The largest absolute Gasteiger partial charge is 0.497 e. The van der Waals surface area contributed by atoms with Crippen LogP contribution >= 0.6 is 0 Å². The minimum Gasteiger partial charge on any atom is -0.497 e. The Labute approximate surface area is 171 Å².